The van der Waals surface area contributed by atoms with Crippen molar-refractivity contribution in [3.63, 3.8) is 0 Å². The van der Waals surface area contributed by atoms with Crippen LogP contribution in [0.25, 0.3) is 0 Å². The minimum atomic E-state index is -0.643. The SMILES string of the molecule is C[C@H](CCC(=O)O)[C@@H]1CC[C@@H]2[C@@H]3CC[C@H]4C[C@H](O)CC[C@]4(C)[C@H]3CC[C@@]21C. The molecule has 4 rings (SSSR count). The number of rotatable bonds is 4. The fraction of sp³-hybridized carbons (Fsp3) is 0.958. The van der Waals surface area contributed by atoms with Crippen LogP contribution < -0.4 is 0 Å². The van der Waals surface area contributed by atoms with E-state index < -0.39 is 5.97 Å². The molecule has 0 amide bonds. The van der Waals surface area contributed by atoms with Gasteiger partial charge in [0.1, 0.15) is 0 Å². The number of aliphatic hydroxyl groups is 1. The standard InChI is InChI=1S/C24H40O3/c1-15(4-9-22(26)27)19-7-8-20-18-6-5-16-14-17(25)10-12-23(16,2)21(18)11-13-24(19,20)3/h15-21,25H,4-14H2,1-3H3,(H,26,27)/t15-,16+,17-,18+,19+,20-,21+,23+,24-/m1/s1. The smallest absolute Gasteiger partial charge is 0.303 e. The minimum absolute atomic E-state index is 0.0561. The van der Waals surface area contributed by atoms with Crippen molar-refractivity contribution < 1.29 is 15.0 Å². The van der Waals surface area contributed by atoms with E-state index in [4.69, 9.17) is 5.11 Å². The van der Waals surface area contributed by atoms with Crippen LogP contribution in [-0.4, -0.2) is 22.3 Å². The highest BCUT2D eigenvalue weighted by Gasteiger charge is 2.60. The molecule has 0 unspecified atom stereocenters. The van der Waals surface area contributed by atoms with Gasteiger partial charge in [-0.1, -0.05) is 20.8 Å². The molecule has 2 N–H and O–H groups in total. The first-order chi connectivity index (χ1) is 12.8. The summed E-state index contributed by atoms with van der Waals surface area (Å²) < 4.78 is 0. The van der Waals surface area contributed by atoms with E-state index in [1.165, 1.54) is 44.9 Å². The highest BCUT2D eigenvalue weighted by atomic mass is 16.4. The Balaban J connectivity index is 1.51. The molecule has 0 aliphatic heterocycles. The maximum Gasteiger partial charge on any atom is 0.303 e. The van der Waals surface area contributed by atoms with Gasteiger partial charge in [-0.2, -0.15) is 0 Å². The van der Waals surface area contributed by atoms with E-state index in [1.54, 1.807) is 0 Å². The number of fused-ring (bicyclic) bond motifs is 5. The van der Waals surface area contributed by atoms with Gasteiger partial charge in [-0.25, -0.2) is 0 Å². The fourth-order valence-electron chi connectivity index (χ4n) is 8.76. The van der Waals surface area contributed by atoms with Crippen LogP contribution in [0.4, 0.5) is 0 Å². The number of carboxylic acid groups (broad SMARTS) is 1. The van der Waals surface area contributed by atoms with Gasteiger partial charge in [0.15, 0.2) is 0 Å². The molecule has 3 heteroatoms. The van der Waals surface area contributed by atoms with Crippen molar-refractivity contribution in [3.8, 4) is 0 Å². The molecular weight excluding hydrogens is 336 g/mol. The van der Waals surface area contributed by atoms with E-state index in [2.05, 4.69) is 20.8 Å². The van der Waals surface area contributed by atoms with Crippen LogP contribution in [0.15, 0.2) is 0 Å². The van der Waals surface area contributed by atoms with Crippen LogP contribution in [0.5, 0.6) is 0 Å². The molecule has 0 aromatic heterocycles. The van der Waals surface area contributed by atoms with Crippen LogP contribution in [0, 0.1) is 46.3 Å². The summed E-state index contributed by atoms with van der Waals surface area (Å²) in [7, 11) is 0. The van der Waals surface area contributed by atoms with Crippen molar-refractivity contribution in [1.29, 1.82) is 0 Å². The lowest BCUT2D eigenvalue weighted by Crippen LogP contribution is -2.54. The minimum Gasteiger partial charge on any atom is -0.481 e. The Hall–Kier alpha value is -0.570. The molecule has 4 aliphatic rings. The highest BCUT2D eigenvalue weighted by molar-refractivity contribution is 5.66. The van der Waals surface area contributed by atoms with Gasteiger partial charge in [0.25, 0.3) is 0 Å². The molecule has 0 saturated heterocycles. The van der Waals surface area contributed by atoms with Crippen LogP contribution >= 0.6 is 0 Å². The summed E-state index contributed by atoms with van der Waals surface area (Å²) in [5, 5.41) is 19.3. The van der Waals surface area contributed by atoms with Crippen molar-refractivity contribution in [3.05, 3.63) is 0 Å². The Labute approximate surface area is 165 Å². The summed E-state index contributed by atoms with van der Waals surface area (Å²) in [6.45, 7) is 7.43. The molecule has 0 aromatic rings. The van der Waals surface area contributed by atoms with Crippen molar-refractivity contribution in [2.75, 3.05) is 0 Å². The molecule has 0 radical (unpaired) electrons. The topological polar surface area (TPSA) is 57.5 Å². The van der Waals surface area contributed by atoms with Gasteiger partial charge in [0, 0.05) is 6.42 Å². The van der Waals surface area contributed by atoms with E-state index in [9.17, 15) is 9.90 Å². The van der Waals surface area contributed by atoms with Crippen LogP contribution in [0.1, 0.15) is 91.4 Å². The van der Waals surface area contributed by atoms with E-state index in [-0.39, 0.29) is 6.10 Å². The van der Waals surface area contributed by atoms with Gasteiger partial charge in [-0.3, -0.25) is 4.79 Å². The molecule has 4 saturated carbocycles. The maximum absolute atomic E-state index is 11.0. The summed E-state index contributed by atoms with van der Waals surface area (Å²) >= 11 is 0. The fourth-order valence-corrected chi connectivity index (χ4v) is 8.76. The number of aliphatic hydroxyl groups excluding tert-OH is 1. The molecule has 4 aliphatic carbocycles. The van der Waals surface area contributed by atoms with Gasteiger partial charge < -0.3 is 10.2 Å². The molecule has 154 valence electrons. The normalized spacial score (nSPS) is 50.4. The average Bonchev–Trinajstić information content (AvgIpc) is 2.97. The molecule has 0 bridgehead atoms. The number of hydrogen-bond acceptors (Lipinski definition) is 2. The maximum atomic E-state index is 11.0. The molecule has 0 spiro atoms. The van der Waals surface area contributed by atoms with Gasteiger partial charge in [0.05, 0.1) is 6.10 Å². The predicted octanol–water partition coefficient (Wildman–Crippen LogP) is 5.51. The number of carboxylic acids is 1. The van der Waals surface area contributed by atoms with Gasteiger partial charge in [0.2, 0.25) is 0 Å². The van der Waals surface area contributed by atoms with Crippen LogP contribution in [0.3, 0.4) is 0 Å². The quantitative estimate of drug-likeness (QED) is 0.680. The molecule has 0 aromatic carbocycles. The van der Waals surface area contributed by atoms with Crippen LogP contribution in [0.2, 0.25) is 0 Å². The average molecular weight is 377 g/mol. The lowest BCUT2D eigenvalue weighted by molar-refractivity contribution is -0.138. The molecule has 27 heavy (non-hydrogen) atoms. The van der Waals surface area contributed by atoms with Crippen molar-refractivity contribution in [1.82, 2.24) is 0 Å². The third kappa shape index (κ3) is 3.16. The largest absolute Gasteiger partial charge is 0.481 e. The molecule has 9 atom stereocenters. The van der Waals surface area contributed by atoms with Crippen molar-refractivity contribution in [2.45, 2.75) is 97.5 Å². The Morgan fingerprint density at radius 3 is 2.44 bits per heavy atom. The monoisotopic (exact) mass is 376 g/mol. The molecule has 4 fully saturated rings. The Morgan fingerprint density at radius 2 is 1.70 bits per heavy atom. The van der Waals surface area contributed by atoms with Crippen LogP contribution in [-0.2, 0) is 4.79 Å². The van der Waals surface area contributed by atoms with Crippen molar-refractivity contribution in [2.24, 2.45) is 46.3 Å². The van der Waals surface area contributed by atoms with Gasteiger partial charge >= 0.3 is 5.97 Å². The van der Waals surface area contributed by atoms with E-state index in [0.29, 0.717) is 29.1 Å². The third-order valence-electron chi connectivity index (χ3n) is 10.2. The van der Waals surface area contributed by atoms with Gasteiger partial charge in [-0.15, -0.1) is 0 Å². The van der Waals surface area contributed by atoms with Gasteiger partial charge in [-0.05, 0) is 111 Å². The Bertz CT molecular complexity index is 574. The second-order valence-electron chi connectivity index (χ2n) is 11.2. The summed E-state index contributed by atoms with van der Waals surface area (Å²) in [5.41, 5.74) is 0.882. The van der Waals surface area contributed by atoms with E-state index >= 15 is 0 Å². The first-order valence-electron chi connectivity index (χ1n) is 11.7. The second-order valence-corrected chi connectivity index (χ2v) is 11.2. The van der Waals surface area contributed by atoms with E-state index in [1.807, 2.05) is 0 Å². The first kappa shape index (κ1) is 19.7. The van der Waals surface area contributed by atoms with Crippen molar-refractivity contribution >= 4 is 5.97 Å². The zero-order chi connectivity index (χ0) is 19.4. The summed E-state index contributed by atoms with van der Waals surface area (Å²) in [6.07, 6.45) is 12.4. The summed E-state index contributed by atoms with van der Waals surface area (Å²) in [4.78, 5) is 11.0. The zero-order valence-corrected chi connectivity index (χ0v) is 17.6. The Kier molecular flexibility index (Phi) is 5.15. The first-order valence-corrected chi connectivity index (χ1v) is 11.7. The second kappa shape index (κ2) is 7.04. The molecular formula is C24H40O3. The predicted molar refractivity (Wildman–Crippen MR) is 107 cm³/mol. The number of hydrogen-bond donors (Lipinski definition) is 2. The summed E-state index contributed by atoms with van der Waals surface area (Å²) in [6, 6.07) is 0. The highest BCUT2D eigenvalue weighted by Crippen LogP contribution is 2.68. The molecule has 0 heterocycles. The van der Waals surface area contributed by atoms with E-state index in [0.717, 1.165) is 42.9 Å². The molecule has 3 nitrogen and oxygen atoms in total. The third-order valence-corrected chi connectivity index (χ3v) is 10.2. The zero-order valence-electron chi connectivity index (χ0n) is 17.6. The number of carbonyl (C=O) groups is 1. The Morgan fingerprint density at radius 1 is 1.00 bits per heavy atom. The lowest BCUT2D eigenvalue weighted by Gasteiger charge is -2.61. The summed E-state index contributed by atoms with van der Waals surface area (Å²) in [5.74, 6) is 3.91. The lowest BCUT2D eigenvalue weighted by atomic mass is 9.44. The number of aliphatic carboxylic acids is 1.